The molecule has 1 fully saturated rings. The Morgan fingerprint density at radius 1 is 1.25 bits per heavy atom. The lowest BCUT2D eigenvalue weighted by Gasteiger charge is -2.45. The molecule has 12 heavy (non-hydrogen) atoms. The number of hydrogen-bond donors (Lipinski definition) is 1. The predicted octanol–water partition coefficient (Wildman–Crippen LogP) is 1.12. The highest BCUT2D eigenvalue weighted by atomic mass is 16.7. The van der Waals surface area contributed by atoms with Crippen LogP contribution in [0.4, 0.5) is 0 Å². The van der Waals surface area contributed by atoms with Gasteiger partial charge in [0, 0.05) is 12.0 Å². The zero-order valence-electron chi connectivity index (χ0n) is 8.22. The molecule has 0 atom stereocenters. The zero-order chi connectivity index (χ0) is 9.24. The predicted molar refractivity (Wildman–Crippen MR) is 47.8 cm³/mol. The van der Waals surface area contributed by atoms with Crippen molar-refractivity contribution in [3.05, 3.63) is 0 Å². The molecule has 0 aliphatic carbocycles. The van der Waals surface area contributed by atoms with Gasteiger partial charge in [-0.25, -0.2) is 0 Å². The Bertz CT molecular complexity index is 145. The first-order chi connectivity index (χ1) is 5.52. The second-order valence-electron chi connectivity index (χ2n) is 4.26. The minimum Gasteiger partial charge on any atom is -0.348 e. The average Bonchev–Trinajstić information content (AvgIpc) is 2.04. The lowest BCUT2D eigenvalue weighted by Crippen LogP contribution is -2.55. The van der Waals surface area contributed by atoms with Crippen LogP contribution in [0.3, 0.4) is 0 Å². The molecular weight excluding hydrogens is 154 g/mol. The third-order valence-corrected chi connectivity index (χ3v) is 2.37. The SMILES string of the molecule is CC(C)(C)C1(CN)OCCCO1. The topological polar surface area (TPSA) is 44.5 Å². The maximum Gasteiger partial charge on any atom is 0.185 e. The van der Waals surface area contributed by atoms with Crippen molar-refractivity contribution in [1.29, 1.82) is 0 Å². The zero-order valence-corrected chi connectivity index (χ0v) is 8.22. The summed E-state index contributed by atoms with van der Waals surface area (Å²) in [4.78, 5) is 0. The lowest BCUT2D eigenvalue weighted by molar-refractivity contribution is -0.307. The molecule has 1 rings (SSSR count). The third kappa shape index (κ3) is 1.63. The van der Waals surface area contributed by atoms with Crippen molar-refractivity contribution in [1.82, 2.24) is 0 Å². The van der Waals surface area contributed by atoms with Gasteiger partial charge in [0.2, 0.25) is 0 Å². The van der Waals surface area contributed by atoms with Crippen molar-refractivity contribution >= 4 is 0 Å². The first kappa shape index (κ1) is 9.96. The molecule has 0 saturated carbocycles. The molecule has 0 aromatic heterocycles. The molecule has 1 saturated heterocycles. The number of hydrogen-bond acceptors (Lipinski definition) is 3. The highest BCUT2D eigenvalue weighted by Gasteiger charge is 2.44. The van der Waals surface area contributed by atoms with E-state index >= 15 is 0 Å². The smallest absolute Gasteiger partial charge is 0.185 e. The van der Waals surface area contributed by atoms with Crippen molar-refractivity contribution in [3.8, 4) is 0 Å². The van der Waals surface area contributed by atoms with E-state index in [9.17, 15) is 0 Å². The Kier molecular flexibility index (Phi) is 2.76. The number of rotatable bonds is 1. The summed E-state index contributed by atoms with van der Waals surface area (Å²) in [5.41, 5.74) is 5.62. The van der Waals surface area contributed by atoms with Crippen LogP contribution in [0.2, 0.25) is 0 Å². The van der Waals surface area contributed by atoms with Crippen LogP contribution in [-0.2, 0) is 9.47 Å². The third-order valence-electron chi connectivity index (χ3n) is 2.37. The molecule has 72 valence electrons. The monoisotopic (exact) mass is 173 g/mol. The Hall–Kier alpha value is -0.120. The summed E-state index contributed by atoms with van der Waals surface area (Å²) >= 11 is 0. The van der Waals surface area contributed by atoms with E-state index in [-0.39, 0.29) is 5.41 Å². The van der Waals surface area contributed by atoms with Crippen molar-refractivity contribution in [2.24, 2.45) is 11.1 Å². The van der Waals surface area contributed by atoms with Crippen molar-refractivity contribution < 1.29 is 9.47 Å². The highest BCUT2D eigenvalue weighted by molar-refractivity contribution is 4.86. The van der Waals surface area contributed by atoms with Gasteiger partial charge in [-0.05, 0) is 6.42 Å². The molecule has 1 aliphatic heterocycles. The fourth-order valence-corrected chi connectivity index (χ4v) is 1.43. The van der Waals surface area contributed by atoms with E-state index in [1.807, 2.05) is 0 Å². The van der Waals surface area contributed by atoms with Crippen LogP contribution in [0, 0.1) is 5.41 Å². The van der Waals surface area contributed by atoms with Crippen LogP contribution in [0.5, 0.6) is 0 Å². The maximum atomic E-state index is 5.67. The summed E-state index contributed by atoms with van der Waals surface area (Å²) in [6.45, 7) is 8.21. The van der Waals surface area contributed by atoms with E-state index in [2.05, 4.69) is 20.8 Å². The summed E-state index contributed by atoms with van der Waals surface area (Å²) < 4.78 is 11.3. The molecule has 3 nitrogen and oxygen atoms in total. The van der Waals surface area contributed by atoms with Gasteiger partial charge in [-0.15, -0.1) is 0 Å². The van der Waals surface area contributed by atoms with Crippen LogP contribution < -0.4 is 5.73 Å². The maximum absolute atomic E-state index is 5.67. The molecule has 0 aromatic rings. The molecule has 0 amide bonds. The molecule has 0 bridgehead atoms. The molecule has 0 unspecified atom stereocenters. The van der Waals surface area contributed by atoms with E-state index in [0.717, 1.165) is 19.6 Å². The van der Waals surface area contributed by atoms with E-state index in [0.29, 0.717) is 6.54 Å². The van der Waals surface area contributed by atoms with Gasteiger partial charge in [0.15, 0.2) is 5.79 Å². The first-order valence-corrected chi connectivity index (χ1v) is 4.50. The van der Waals surface area contributed by atoms with E-state index in [1.54, 1.807) is 0 Å². The Balaban J connectivity index is 2.73. The second kappa shape index (κ2) is 3.32. The van der Waals surface area contributed by atoms with E-state index in [1.165, 1.54) is 0 Å². The minimum absolute atomic E-state index is 0.0534. The molecule has 0 aromatic carbocycles. The Labute approximate surface area is 74.2 Å². The Morgan fingerprint density at radius 3 is 2.00 bits per heavy atom. The molecule has 3 heteroatoms. The van der Waals surface area contributed by atoms with Gasteiger partial charge in [-0.2, -0.15) is 0 Å². The lowest BCUT2D eigenvalue weighted by atomic mass is 9.84. The number of nitrogens with two attached hydrogens (primary N) is 1. The van der Waals surface area contributed by atoms with Crippen LogP contribution in [-0.4, -0.2) is 25.5 Å². The van der Waals surface area contributed by atoms with Gasteiger partial charge in [0.1, 0.15) is 0 Å². The van der Waals surface area contributed by atoms with Crippen LogP contribution >= 0.6 is 0 Å². The fraction of sp³-hybridized carbons (Fsp3) is 1.00. The van der Waals surface area contributed by atoms with Gasteiger partial charge in [0.25, 0.3) is 0 Å². The van der Waals surface area contributed by atoms with E-state index < -0.39 is 5.79 Å². The summed E-state index contributed by atoms with van der Waals surface area (Å²) in [7, 11) is 0. The molecule has 0 spiro atoms. The largest absolute Gasteiger partial charge is 0.348 e. The van der Waals surface area contributed by atoms with Gasteiger partial charge >= 0.3 is 0 Å². The Morgan fingerprint density at radius 2 is 1.75 bits per heavy atom. The molecule has 1 heterocycles. The second-order valence-corrected chi connectivity index (χ2v) is 4.26. The fourth-order valence-electron chi connectivity index (χ4n) is 1.43. The van der Waals surface area contributed by atoms with E-state index in [4.69, 9.17) is 15.2 Å². The summed E-state index contributed by atoms with van der Waals surface area (Å²) in [5, 5.41) is 0. The average molecular weight is 173 g/mol. The summed E-state index contributed by atoms with van der Waals surface area (Å²) in [6.07, 6.45) is 0.970. The first-order valence-electron chi connectivity index (χ1n) is 4.50. The minimum atomic E-state index is -0.564. The van der Waals surface area contributed by atoms with Gasteiger partial charge in [0.05, 0.1) is 13.2 Å². The van der Waals surface area contributed by atoms with Crippen LogP contribution in [0.15, 0.2) is 0 Å². The number of ether oxygens (including phenoxy) is 2. The van der Waals surface area contributed by atoms with Crippen molar-refractivity contribution in [2.75, 3.05) is 19.8 Å². The molecular formula is C9H19NO2. The normalized spacial score (nSPS) is 24.0. The van der Waals surface area contributed by atoms with Crippen molar-refractivity contribution in [3.63, 3.8) is 0 Å². The molecule has 2 N–H and O–H groups in total. The van der Waals surface area contributed by atoms with Crippen molar-refractivity contribution in [2.45, 2.75) is 33.0 Å². The quantitative estimate of drug-likeness (QED) is 0.646. The van der Waals surface area contributed by atoms with Crippen LogP contribution in [0.1, 0.15) is 27.2 Å². The van der Waals surface area contributed by atoms with Gasteiger partial charge in [-0.1, -0.05) is 20.8 Å². The van der Waals surface area contributed by atoms with Crippen LogP contribution in [0.25, 0.3) is 0 Å². The highest BCUT2D eigenvalue weighted by Crippen LogP contribution is 2.36. The van der Waals surface area contributed by atoms with Gasteiger partial charge < -0.3 is 15.2 Å². The summed E-state index contributed by atoms with van der Waals surface area (Å²) in [5.74, 6) is -0.564. The summed E-state index contributed by atoms with van der Waals surface area (Å²) in [6, 6.07) is 0. The van der Waals surface area contributed by atoms with Gasteiger partial charge in [-0.3, -0.25) is 0 Å². The molecule has 0 radical (unpaired) electrons. The molecule has 1 aliphatic rings. The standard InChI is InChI=1S/C9H19NO2/c1-8(2,3)9(7-10)11-5-4-6-12-9/h4-7,10H2,1-3H3.